The normalized spacial score (nSPS) is 24.8. The van der Waals surface area contributed by atoms with Crippen LogP contribution in [0, 0.1) is 10.1 Å². The highest BCUT2D eigenvalue weighted by atomic mass is 32.1. The quantitative estimate of drug-likeness (QED) is 0.452. The van der Waals surface area contributed by atoms with Gasteiger partial charge >= 0.3 is 12.1 Å². The van der Waals surface area contributed by atoms with Gasteiger partial charge in [-0.25, -0.2) is 9.59 Å². The smallest absolute Gasteiger partial charge is 0.410 e. The molecule has 9 nitrogen and oxygen atoms in total. The van der Waals surface area contributed by atoms with Crippen molar-refractivity contribution in [1.82, 2.24) is 15.1 Å². The largest absolute Gasteiger partial charge is 0.445 e. The Hall–Kier alpha value is -2.49. The molecule has 3 atom stereocenters. The number of ether oxygens (including phenoxy) is 1. The molecule has 0 bridgehead atoms. The summed E-state index contributed by atoms with van der Waals surface area (Å²) in [5, 5.41) is 13.6. The number of benzene rings is 1. The van der Waals surface area contributed by atoms with Crippen LogP contribution < -0.4 is 5.32 Å². The molecule has 2 heterocycles. The molecule has 0 aromatic heterocycles. The van der Waals surface area contributed by atoms with Gasteiger partial charge in [-0.15, -0.1) is 0 Å². The lowest BCUT2D eigenvalue weighted by molar-refractivity contribution is -0.384. The molecule has 0 spiro atoms. The van der Waals surface area contributed by atoms with E-state index in [1.165, 1.54) is 12.1 Å². The molecule has 146 valence electrons. The summed E-state index contributed by atoms with van der Waals surface area (Å²) in [5.74, 6) is 0. The third-order valence-electron chi connectivity index (χ3n) is 4.72. The fourth-order valence-corrected chi connectivity index (χ4v) is 3.82. The number of hydrogen-bond donors (Lipinski definition) is 2. The third-order valence-corrected chi connectivity index (χ3v) is 5.09. The van der Waals surface area contributed by atoms with E-state index in [2.05, 4.69) is 17.9 Å². The summed E-state index contributed by atoms with van der Waals surface area (Å²) in [4.78, 5) is 38.0. The molecule has 2 fully saturated rings. The highest BCUT2D eigenvalue weighted by Crippen LogP contribution is 2.25. The highest BCUT2D eigenvalue weighted by molar-refractivity contribution is 7.81. The van der Waals surface area contributed by atoms with E-state index >= 15 is 0 Å². The Morgan fingerprint density at radius 2 is 2.07 bits per heavy atom. The van der Waals surface area contributed by atoms with Crippen LogP contribution in [0.4, 0.5) is 15.3 Å². The van der Waals surface area contributed by atoms with Crippen molar-refractivity contribution in [3.63, 3.8) is 0 Å². The predicted molar refractivity (Wildman–Crippen MR) is 101 cm³/mol. The molecule has 3 rings (SSSR count). The second-order valence-electron chi connectivity index (χ2n) is 6.93. The van der Waals surface area contributed by atoms with Crippen LogP contribution in [0.15, 0.2) is 24.3 Å². The van der Waals surface area contributed by atoms with Crippen molar-refractivity contribution in [3.05, 3.63) is 39.9 Å². The van der Waals surface area contributed by atoms with E-state index < -0.39 is 11.0 Å². The van der Waals surface area contributed by atoms with Gasteiger partial charge in [0.2, 0.25) is 0 Å². The summed E-state index contributed by atoms with van der Waals surface area (Å²) < 4.78 is 5.37. The van der Waals surface area contributed by atoms with E-state index in [9.17, 15) is 19.7 Å². The number of rotatable bonds is 5. The number of carbonyl (C=O) groups is 2. The highest BCUT2D eigenvalue weighted by Gasteiger charge is 2.38. The minimum Gasteiger partial charge on any atom is -0.445 e. The summed E-state index contributed by atoms with van der Waals surface area (Å²) >= 11 is 4.48. The van der Waals surface area contributed by atoms with Crippen LogP contribution in [0.1, 0.15) is 18.9 Å². The van der Waals surface area contributed by atoms with Crippen LogP contribution in [0.2, 0.25) is 0 Å². The van der Waals surface area contributed by atoms with Crippen molar-refractivity contribution < 1.29 is 19.2 Å². The number of nitrogens with zero attached hydrogens (tertiary/aromatic N) is 3. The van der Waals surface area contributed by atoms with Crippen LogP contribution >= 0.6 is 12.6 Å². The molecule has 2 aliphatic heterocycles. The van der Waals surface area contributed by atoms with Crippen LogP contribution in [-0.4, -0.2) is 63.8 Å². The summed E-state index contributed by atoms with van der Waals surface area (Å²) in [6.45, 7) is 3.47. The maximum absolute atomic E-state index is 12.5. The summed E-state index contributed by atoms with van der Waals surface area (Å²) in [7, 11) is 0. The lowest BCUT2D eigenvalue weighted by atomic mass is 10.2. The molecule has 3 amide bonds. The number of amides is 3. The molecule has 0 unspecified atom stereocenters. The molecule has 1 aromatic rings. The van der Waals surface area contributed by atoms with Crippen molar-refractivity contribution in [2.45, 2.75) is 37.3 Å². The summed E-state index contributed by atoms with van der Waals surface area (Å²) in [6.07, 6.45) is 0.219. The number of non-ortho nitro benzene ring substituents is 1. The Morgan fingerprint density at radius 1 is 1.37 bits per heavy atom. The Morgan fingerprint density at radius 3 is 2.67 bits per heavy atom. The SMILES string of the molecule is C[C@@H]1CN(C[C@@H]2C[C@H](S)CN2C(=O)OCc2ccc([N+](=O)[O-])cc2)C(=O)N1. The summed E-state index contributed by atoms with van der Waals surface area (Å²) in [5.41, 5.74) is 0.653. The number of urea groups is 1. The average molecular weight is 394 g/mol. The van der Waals surface area contributed by atoms with Gasteiger partial charge in [-0.2, -0.15) is 12.6 Å². The van der Waals surface area contributed by atoms with Crippen molar-refractivity contribution >= 4 is 30.4 Å². The molecule has 0 radical (unpaired) electrons. The molecule has 27 heavy (non-hydrogen) atoms. The fourth-order valence-electron chi connectivity index (χ4n) is 3.40. The number of hydrogen-bond acceptors (Lipinski definition) is 6. The lowest BCUT2D eigenvalue weighted by Gasteiger charge is -2.27. The topological polar surface area (TPSA) is 105 Å². The minimum atomic E-state index is -0.479. The van der Waals surface area contributed by atoms with Crippen LogP contribution in [-0.2, 0) is 11.3 Å². The molecule has 1 aromatic carbocycles. The van der Waals surface area contributed by atoms with E-state index in [0.717, 1.165) is 0 Å². The van der Waals surface area contributed by atoms with Gasteiger partial charge in [-0.3, -0.25) is 10.1 Å². The van der Waals surface area contributed by atoms with E-state index in [1.807, 2.05) is 6.92 Å². The second-order valence-corrected chi connectivity index (χ2v) is 7.66. The zero-order valence-electron chi connectivity index (χ0n) is 14.9. The first-order valence-electron chi connectivity index (χ1n) is 8.73. The van der Waals surface area contributed by atoms with Crippen molar-refractivity contribution in [2.75, 3.05) is 19.6 Å². The number of thiol groups is 1. The maximum atomic E-state index is 12.5. The van der Waals surface area contributed by atoms with Gasteiger partial charge in [0.25, 0.3) is 5.69 Å². The third kappa shape index (κ3) is 4.62. The summed E-state index contributed by atoms with van der Waals surface area (Å²) in [6, 6.07) is 5.69. The molecule has 2 saturated heterocycles. The first-order valence-corrected chi connectivity index (χ1v) is 9.25. The second kappa shape index (κ2) is 8.03. The molecular formula is C17H22N4O5S. The van der Waals surface area contributed by atoms with E-state index in [0.29, 0.717) is 31.6 Å². The van der Waals surface area contributed by atoms with Crippen molar-refractivity contribution in [2.24, 2.45) is 0 Å². The zero-order chi connectivity index (χ0) is 19.6. The average Bonchev–Trinajstić information content (AvgIpc) is 3.14. The van der Waals surface area contributed by atoms with Gasteiger partial charge in [0.05, 0.1) is 11.0 Å². The van der Waals surface area contributed by atoms with Gasteiger partial charge in [0.15, 0.2) is 0 Å². The van der Waals surface area contributed by atoms with Gasteiger partial charge < -0.3 is 19.9 Å². The van der Waals surface area contributed by atoms with Gasteiger partial charge in [-0.1, -0.05) is 0 Å². The Labute approximate surface area is 162 Å². The van der Waals surface area contributed by atoms with E-state index in [-0.39, 0.29) is 35.7 Å². The van der Waals surface area contributed by atoms with Gasteiger partial charge in [-0.05, 0) is 31.0 Å². The number of likely N-dealkylation sites (tertiary alicyclic amines) is 1. The fraction of sp³-hybridized carbons (Fsp3) is 0.529. The first-order chi connectivity index (χ1) is 12.8. The van der Waals surface area contributed by atoms with Crippen LogP contribution in [0.25, 0.3) is 0 Å². The van der Waals surface area contributed by atoms with Gasteiger partial charge in [0.1, 0.15) is 6.61 Å². The zero-order valence-corrected chi connectivity index (χ0v) is 15.8. The van der Waals surface area contributed by atoms with Crippen molar-refractivity contribution in [1.29, 1.82) is 0 Å². The lowest BCUT2D eigenvalue weighted by Crippen LogP contribution is -2.44. The maximum Gasteiger partial charge on any atom is 0.410 e. The number of carbonyl (C=O) groups excluding carboxylic acids is 2. The number of nitro groups is 1. The first kappa shape index (κ1) is 19.3. The minimum absolute atomic E-state index is 0.0132. The standard InChI is InChI=1S/C17H22N4O5S/c1-11-7-19(16(22)18-11)8-14-6-15(27)9-20(14)17(23)26-10-12-2-4-13(5-3-12)21(24)25/h2-5,11,14-15,27H,6-10H2,1H3,(H,18,22)/t11-,14+,15+/m1/s1. The molecule has 1 N–H and O–H groups in total. The molecule has 10 heteroatoms. The van der Waals surface area contributed by atoms with Gasteiger partial charge in [0, 0.05) is 43.1 Å². The number of nitrogens with one attached hydrogen (secondary N) is 1. The van der Waals surface area contributed by atoms with Crippen molar-refractivity contribution in [3.8, 4) is 0 Å². The monoisotopic (exact) mass is 394 g/mol. The Kier molecular flexibility index (Phi) is 5.73. The molecule has 0 aliphatic carbocycles. The van der Waals surface area contributed by atoms with Crippen LogP contribution in [0.3, 0.4) is 0 Å². The Bertz CT molecular complexity index is 729. The molecule has 0 saturated carbocycles. The van der Waals surface area contributed by atoms with E-state index in [4.69, 9.17) is 4.74 Å². The Balaban J connectivity index is 1.57. The molecule has 2 aliphatic rings. The van der Waals surface area contributed by atoms with E-state index in [1.54, 1.807) is 21.9 Å². The number of nitro benzene ring substituents is 1. The predicted octanol–water partition coefficient (Wildman–Crippen LogP) is 2.02. The molecular weight excluding hydrogens is 372 g/mol. The van der Waals surface area contributed by atoms with Crippen LogP contribution in [0.5, 0.6) is 0 Å².